The monoisotopic (exact) mass is 328 g/mol. The second-order valence-corrected chi connectivity index (χ2v) is 7.41. The van der Waals surface area contributed by atoms with Gasteiger partial charge in [-0.3, -0.25) is 4.90 Å². The Hall–Kier alpha value is -1.16. The van der Waals surface area contributed by atoms with Crippen molar-refractivity contribution in [2.24, 2.45) is 5.92 Å². The summed E-state index contributed by atoms with van der Waals surface area (Å²) in [5.41, 5.74) is 4.06. The molecule has 0 radical (unpaired) electrons. The van der Waals surface area contributed by atoms with Crippen LogP contribution in [-0.4, -0.2) is 62.3 Å². The lowest BCUT2D eigenvalue weighted by atomic mass is 9.95. The van der Waals surface area contributed by atoms with Gasteiger partial charge in [0.1, 0.15) is 0 Å². The molecule has 0 bridgehead atoms. The van der Waals surface area contributed by atoms with Crippen molar-refractivity contribution >= 4 is 6.08 Å². The minimum absolute atomic E-state index is 0.741. The number of nitrogens with zero attached hydrogens (tertiary/aromatic N) is 2. The fraction of sp³-hybridized carbons (Fsp3) is 0.619. The number of ether oxygens (including phenoxy) is 1. The van der Waals surface area contributed by atoms with Gasteiger partial charge in [0, 0.05) is 26.2 Å². The quantitative estimate of drug-likeness (QED) is 0.824. The van der Waals surface area contributed by atoms with E-state index in [1.54, 1.807) is 0 Å². The molecule has 3 rings (SSSR count). The van der Waals surface area contributed by atoms with Crippen LogP contribution in [-0.2, 0) is 4.74 Å². The molecule has 0 unspecified atom stereocenters. The van der Waals surface area contributed by atoms with Gasteiger partial charge >= 0.3 is 0 Å². The van der Waals surface area contributed by atoms with Crippen molar-refractivity contribution in [2.45, 2.75) is 26.7 Å². The van der Waals surface area contributed by atoms with Gasteiger partial charge in [0.2, 0.25) is 0 Å². The average Bonchev–Trinajstić information content (AvgIpc) is 2.59. The molecule has 3 nitrogen and oxygen atoms in total. The Balaban J connectivity index is 1.40. The molecule has 0 N–H and O–H groups in total. The molecule has 2 saturated heterocycles. The van der Waals surface area contributed by atoms with Crippen molar-refractivity contribution in [1.82, 2.24) is 9.80 Å². The normalized spacial score (nSPS) is 21.6. The molecule has 1 aromatic carbocycles. The summed E-state index contributed by atoms with van der Waals surface area (Å²) in [6, 6.07) is 6.80. The molecule has 0 atom stereocenters. The number of rotatable bonds is 5. The van der Waals surface area contributed by atoms with Crippen molar-refractivity contribution < 1.29 is 4.74 Å². The van der Waals surface area contributed by atoms with E-state index in [1.165, 1.54) is 55.7 Å². The molecular formula is C21H32N2O. The summed E-state index contributed by atoms with van der Waals surface area (Å²) in [6.07, 6.45) is 7.36. The Morgan fingerprint density at radius 3 is 2.12 bits per heavy atom. The maximum absolute atomic E-state index is 5.42. The summed E-state index contributed by atoms with van der Waals surface area (Å²) in [7, 11) is 0. The fourth-order valence-corrected chi connectivity index (χ4v) is 3.83. The maximum Gasteiger partial charge on any atom is 0.0594 e. The van der Waals surface area contributed by atoms with Gasteiger partial charge in [-0.25, -0.2) is 0 Å². The highest BCUT2D eigenvalue weighted by Crippen LogP contribution is 2.20. The average molecular weight is 329 g/mol. The molecule has 0 aromatic heterocycles. The lowest BCUT2D eigenvalue weighted by molar-refractivity contribution is 0.0318. The van der Waals surface area contributed by atoms with E-state index in [2.05, 4.69) is 54.0 Å². The molecule has 2 aliphatic heterocycles. The van der Waals surface area contributed by atoms with E-state index in [-0.39, 0.29) is 0 Å². The second kappa shape index (κ2) is 8.80. The molecular weight excluding hydrogens is 296 g/mol. The highest BCUT2D eigenvalue weighted by atomic mass is 16.5. The van der Waals surface area contributed by atoms with Crippen LogP contribution in [0.5, 0.6) is 0 Å². The zero-order valence-corrected chi connectivity index (χ0v) is 15.3. The highest BCUT2D eigenvalue weighted by Gasteiger charge is 2.18. The predicted molar refractivity (Wildman–Crippen MR) is 101 cm³/mol. The summed E-state index contributed by atoms with van der Waals surface area (Å²) in [5.74, 6) is 0.741. The van der Waals surface area contributed by atoms with Crippen molar-refractivity contribution in [3.8, 4) is 0 Å². The molecule has 0 amide bonds. The molecule has 2 fully saturated rings. The predicted octanol–water partition coefficient (Wildman–Crippen LogP) is 3.36. The Bertz CT molecular complexity index is 521. The van der Waals surface area contributed by atoms with E-state index in [9.17, 15) is 0 Å². The van der Waals surface area contributed by atoms with Gasteiger partial charge in [0.05, 0.1) is 13.2 Å². The third kappa shape index (κ3) is 5.44. The van der Waals surface area contributed by atoms with Gasteiger partial charge in [-0.05, 0) is 51.3 Å². The lowest BCUT2D eigenvalue weighted by Crippen LogP contribution is -2.43. The number of hydrogen-bond acceptors (Lipinski definition) is 3. The zero-order valence-electron chi connectivity index (χ0n) is 15.3. The van der Waals surface area contributed by atoms with E-state index in [0.29, 0.717) is 0 Å². The minimum atomic E-state index is 0.741. The second-order valence-electron chi connectivity index (χ2n) is 7.41. The van der Waals surface area contributed by atoms with Crippen molar-refractivity contribution in [3.63, 3.8) is 0 Å². The van der Waals surface area contributed by atoms with E-state index in [1.807, 2.05) is 0 Å². The molecule has 3 heteroatoms. The summed E-state index contributed by atoms with van der Waals surface area (Å²) in [5, 5.41) is 0. The third-order valence-electron chi connectivity index (χ3n) is 5.27. The van der Waals surface area contributed by atoms with Gasteiger partial charge in [0.25, 0.3) is 0 Å². The van der Waals surface area contributed by atoms with Crippen LogP contribution in [0.15, 0.2) is 24.3 Å². The van der Waals surface area contributed by atoms with Crippen LogP contribution in [0.2, 0.25) is 0 Å². The summed E-state index contributed by atoms with van der Waals surface area (Å²) in [6.45, 7) is 13.3. The largest absolute Gasteiger partial charge is 0.379 e. The smallest absolute Gasteiger partial charge is 0.0594 e. The van der Waals surface area contributed by atoms with Crippen molar-refractivity contribution in [3.05, 3.63) is 41.0 Å². The number of allylic oxidation sites excluding steroid dienone is 1. The van der Waals surface area contributed by atoms with Crippen molar-refractivity contribution in [2.75, 3.05) is 52.5 Å². The van der Waals surface area contributed by atoms with Crippen LogP contribution in [0.25, 0.3) is 6.08 Å². The van der Waals surface area contributed by atoms with Gasteiger partial charge < -0.3 is 9.64 Å². The van der Waals surface area contributed by atoms with E-state index < -0.39 is 0 Å². The number of benzene rings is 1. The lowest BCUT2D eigenvalue weighted by Gasteiger charge is -2.33. The zero-order chi connectivity index (χ0) is 16.8. The molecule has 0 spiro atoms. The van der Waals surface area contributed by atoms with Gasteiger partial charge in [-0.15, -0.1) is 0 Å². The highest BCUT2D eigenvalue weighted by molar-refractivity contribution is 5.52. The first-order valence-corrected chi connectivity index (χ1v) is 9.48. The van der Waals surface area contributed by atoms with Crippen molar-refractivity contribution in [1.29, 1.82) is 0 Å². The molecule has 2 heterocycles. The number of piperidine rings is 1. The summed E-state index contributed by atoms with van der Waals surface area (Å²) < 4.78 is 5.42. The number of aryl methyl sites for hydroxylation is 2. The SMILES string of the molecule is Cc1cc(C)cc(/C=C/C2CCN(CCN3CCOCC3)CC2)c1. The Morgan fingerprint density at radius 1 is 0.917 bits per heavy atom. The van der Waals surface area contributed by atoms with Gasteiger partial charge in [-0.2, -0.15) is 0 Å². The van der Waals surface area contributed by atoms with Gasteiger partial charge in [-0.1, -0.05) is 41.5 Å². The van der Waals surface area contributed by atoms with E-state index >= 15 is 0 Å². The molecule has 24 heavy (non-hydrogen) atoms. The number of likely N-dealkylation sites (tertiary alicyclic amines) is 1. The standard InChI is InChI=1S/C21H32N2O/c1-18-15-19(2)17-21(16-18)4-3-20-5-7-22(8-6-20)9-10-23-11-13-24-14-12-23/h3-4,15-17,20H,5-14H2,1-2H3/b4-3+. The van der Waals surface area contributed by atoms with E-state index in [4.69, 9.17) is 4.74 Å². The van der Waals surface area contributed by atoms with Crippen LogP contribution < -0.4 is 0 Å². The molecule has 0 aliphatic carbocycles. The first-order valence-electron chi connectivity index (χ1n) is 9.48. The van der Waals surface area contributed by atoms with Crippen LogP contribution >= 0.6 is 0 Å². The van der Waals surface area contributed by atoms with Crippen LogP contribution in [0.1, 0.15) is 29.5 Å². The topological polar surface area (TPSA) is 15.7 Å². The van der Waals surface area contributed by atoms with Crippen LogP contribution in [0.3, 0.4) is 0 Å². The van der Waals surface area contributed by atoms with E-state index in [0.717, 1.165) is 32.2 Å². The van der Waals surface area contributed by atoms with Crippen LogP contribution in [0.4, 0.5) is 0 Å². The number of morpholine rings is 1. The maximum atomic E-state index is 5.42. The Morgan fingerprint density at radius 2 is 1.50 bits per heavy atom. The molecule has 2 aliphatic rings. The molecule has 132 valence electrons. The van der Waals surface area contributed by atoms with Gasteiger partial charge in [0.15, 0.2) is 0 Å². The first-order chi connectivity index (χ1) is 11.7. The number of hydrogen-bond donors (Lipinski definition) is 0. The molecule has 1 aromatic rings. The third-order valence-corrected chi connectivity index (χ3v) is 5.27. The summed E-state index contributed by atoms with van der Waals surface area (Å²) in [4.78, 5) is 5.17. The first kappa shape index (κ1) is 17.7. The minimum Gasteiger partial charge on any atom is -0.379 e. The fourth-order valence-electron chi connectivity index (χ4n) is 3.83. The summed E-state index contributed by atoms with van der Waals surface area (Å²) >= 11 is 0. The Labute approximate surface area is 147 Å². The Kier molecular flexibility index (Phi) is 6.47. The van der Waals surface area contributed by atoms with Crippen LogP contribution in [0, 0.1) is 19.8 Å². The molecule has 0 saturated carbocycles.